The number of hydrogen-bond donors (Lipinski definition) is 1. The van der Waals surface area contributed by atoms with Crippen LogP contribution in [0.4, 0.5) is 0 Å². The van der Waals surface area contributed by atoms with Gasteiger partial charge < -0.3 is 10.6 Å². The molecule has 1 unspecified atom stereocenters. The Morgan fingerprint density at radius 1 is 1.38 bits per heavy atom. The van der Waals surface area contributed by atoms with Crippen molar-refractivity contribution in [3.05, 3.63) is 35.4 Å². The van der Waals surface area contributed by atoms with Gasteiger partial charge in [0.1, 0.15) is 0 Å². The van der Waals surface area contributed by atoms with Gasteiger partial charge in [0.25, 0.3) is 5.91 Å². The summed E-state index contributed by atoms with van der Waals surface area (Å²) in [5, 5.41) is 0. The van der Waals surface area contributed by atoms with E-state index in [1.807, 2.05) is 0 Å². The van der Waals surface area contributed by atoms with E-state index >= 15 is 0 Å². The second kappa shape index (κ2) is 6.29. The number of nitrogens with zero attached hydrogens (tertiary/aromatic N) is 1. The van der Waals surface area contributed by atoms with Crippen molar-refractivity contribution >= 4 is 15.7 Å². The van der Waals surface area contributed by atoms with Crippen LogP contribution in [0.2, 0.25) is 0 Å². The first-order chi connectivity index (χ1) is 9.96. The third-order valence-electron chi connectivity index (χ3n) is 3.61. The molecule has 1 heterocycles. The van der Waals surface area contributed by atoms with Crippen molar-refractivity contribution in [2.75, 3.05) is 18.1 Å². The number of terminal acetylenes is 1. The summed E-state index contributed by atoms with van der Waals surface area (Å²) in [4.78, 5) is 14.0. The Bertz CT molecular complexity index is 659. The van der Waals surface area contributed by atoms with E-state index in [0.29, 0.717) is 18.5 Å². The van der Waals surface area contributed by atoms with Crippen LogP contribution in [0, 0.1) is 12.3 Å². The van der Waals surface area contributed by atoms with E-state index in [4.69, 9.17) is 12.2 Å². The predicted octanol–water partition coefficient (Wildman–Crippen LogP) is 0.408. The molecule has 1 aliphatic rings. The Kier molecular flexibility index (Phi) is 4.66. The molecule has 112 valence electrons. The molecule has 0 bridgehead atoms. The van der Waals surface area contributed by atoms with E-state index in [1.54, 1.807) is 24.3 Å². The molecule has 1 fully saturated rings. The quantitative estimate of drug-likeness (QED) is 0.817. The molecule has 2 rings (SSSR count). The maximum atomic E-state index is 12.5. The minimum atomic E-state index is -3.06. The Morgan fingerprint density at radius 3 is 2.52 bits per heavy atom. The standard InChI is InChI=1S/C15H18N2O3S/c1-2-8-17(14-7-9-21(19,20)11-14)15(18)13-5-3-12(10-16)4-6-13/h1,3-6,14H,7-11,16H2. The first kappa shape index (κ1) is 15.5. The van der Waals surface area contributed by atoms with Gasteiger partial charge in [-0.1, -0.05) is 18.1 Å². The number of rotatable bonds is 4. The second-order valence-corrected chi connectivity index (χ2v) is 7.32. The van der Waals surface area contributed by atoms with Crippen LogP contribution in [0.1, 0.15) is 22.3 Å². The molecular weight excluding hydrogens is 288 g/mol. The fourth-order valence-corrected chi connectivity index (χ4v) is 4.17. The Hall–Kier alpha value is -1.84. The molecule has 0 aromatic heterocycles. The SMILES string of the molecule is C#CCN(C(=O)c1ccc(CN)cc1)C1CCS(=O)(=O)C1. The van der Waals surface area contributed by atoms with Gasteiger partial charge in [0.2, 0.25) is 0 Å². The zero-order chi connectivity index (χ0) is 15.5. The van der Waals surface area contributed by atoms with Crippen molar-refractivity contribution in [3.63, 3.8) is 0 Å². The zero-order valence-electron chi connectivity index (χ0n) is 11.7. The van der Waals surface area contributed by atoms with Crippen molar-refractivity contribution in [1.82, 2.24) is 4.90 Å². The summed E-state index contributed by atoms with van der Waals surface area (Å²) in [5.41, 5.74) is 6.95. The number of amides is 1. The van der Waals surface area contributed by atoms with Crippen LogP contribution in [0.25, 0.3) is 0 Å². The molecule has 6 heteroatoms. The highest BCUT2D eigenvalue weighted by Gasteiger charge is 2.34. The third-order valence-corrected chi connectivity index (χ3v) is 5.36. The fraction of sp³-hybridized carbons (Fsp3) is 0.400. The minimum Gasteiger partial charge on any atom is -0.326 e. The molecule has 1 amide bonds. The van der Waals surface area contributed by atoms with Gasteiger partial charge in [-0.15, -0.1) is 6.42 Å². The van der Waals surface area contributed by atoms with Gasteiger partial charge in [-0.05, 0) is 24.1 Å². The van der Waals surface area contributed by atoms with Gasteiger partial charge in [0.05, 0.1) is 18.1 Å². The van der Waals surface area contributed by atoms with Crippen LogP contribution in [0.15, 0.2) is 24.3 Å². The van der Waals surface area contributed by atoms with E-state index in [0.717, 1.165) is 5.56 Å². The van der Waals surface area contributed by atoms with Gasteiger partial charge >= 0.3 is 0 Å². The van der Waals surface area contributed by atoms with Crippen LogP contribution in [0.3, 0.4) is 0 Å². The third kappa shape index (κ3) is 3.63. The Labute approximate surface area is 125 Å². The van der Waals surface area contributed by atoms with Crippen molar-refractivity contribution in [2.24, 2.45) is 5.73 Å². The maximum absolute atomic E-state index is 12.5. The second-order valence-electron chi connectivity index (χ2n) is 5.10. The van der Waals surface area contributed by atoms with Gasteiger partial charge in [0, 0.05) is 18.2 Å². The molecule has 5 nitrogen and oxygen atoms in total. The molecule has 1 saturated heterocycles. The molecular formula is C15H18N2O3S. The highest BCUT2D eigenvalue weighted by atomic mass is 32.2. The number of hydrogen-bond acceptors (Lipinski definition) is 4. The van der Waals surface area contributed by atoms with E-state index < -0.39 is 9.84 Å². The molecule has 1 aromatic carbocycles. The topological polar surface area (TPSA) is 80.5 Å². The molecule has 2 N–H and O–H groups in total. The van der Waals surface area contributed by atoms with E-state index in [-0.39, 0.29) is 30.0 Å². The van der Waals surface area contributed by atoms with Crippen LogP contribution >= 0.6 is 0 Å². The molecule has 1 aliphatic heterocycles. The summed E-state index contributed by atoms with van der Waals surface area (Å²) in [6.07, 6.45) is 5.76. The number of sulfone groups is 1. The number of benzene rings is 1. The van der Waals surface area contributed by atoms with Crippen LogP contribution in [0.5, 0.6) is 0 Å². The molecule has 0 saturated carbocycles. The van der Waals surface area contributed by atoms with Crippen LogP contribution in [-0.2, 0) is 16.4 Å². The lowest BCUT2D eigenvalue weighted by Crippen LogP contribution is -2.41. The van der Waals surface area contributed by atoms with Gasteiger partial charge in [-0.2, -0.15) is 0 Å². The van der Waals surface area contributed by atoms with Gasteiger partial charge in [0.15, 0.2) is 9.84 Å². The van der Waals surface area contributed by atoms with Crippen molar-refractivity contribution in [2.45, 2.75) is 19.0 Å². The first-order valence-electron chi connectivity index (χ1n) is 6.70. The highest BCUT2D eigenvalue weighted by molar-refractivity contribution is 7.91. The molecule has 0 aliphatic carbocycles. The lowest BCUT2D eigenvalue weighted by molar-refractivity contribution is 0.0724. The first-order valence-corrected chi connectivity index (χ1v) is 8.53. The monoisotopic (exact) mass is 306 g/mol. The maximum Gasteiger partial charge on any atom is 0.254 e. The number of nitrogens with two attached hydrogens (primary N) is 1. The lowest BCUT2D eigenvalue weighted by atomic mass is 10.1. The summed E-state index contributed by atoms with van der Waals surface area (Å²) in [5.74, 6) is 2.29. The summed E-state index contributed by atoms with van der Waals surface area (Å²) in [6.45, 7) is 0.515. The smallest absolute Gasteiger partial charge is 0.254 e. The molecule has 0 radical (unpaired) electrons. The molecule has 1 atom stereocenters. The average molecular weight is 306 g/mol. The van der Waals surface area contributed by atoms with Gasteiger partial charge in [-0.3, -0.25) is 4.79 Å². The van der Waals surface area contributed by atoms with Gasteiger partial charge in [-0.25, -0.2) is 8.42 Å². The van der Waals surface area contributed by atoms with Crippen molar-refractivity contribution in [3.8, 4) is 12.3 Å². The summed E-state index contributed by atoms with van der Waals surface area (Å²) < 4.78 is 23.2. The van der Waals surface area contributed by atoms with Crippen molar-refractivity contribution in [1.29, 1.82) is 0 Å². The molecule has 21 heavy (non-hydrogen) atoms. The lowest BCUT2D eigenvalue weighted by Gasteiger charge is -2.26. The van der Waals surface area contributed by atoms with Crippen LogP contribution in [-0.4, -0.2) is 43.3 Å². The Balaban J connectivity index is 2.21. The Morgan fingerprint density at radius 2 is 2.05 bits per heavy atom. The summed E-state index contributed by atoms with van der Waals surface area (Å²) in [7, 11) is -3.06. The highest BCUT2D eigenvalue weighted by Crippen LogP contribution is 2.20. The molecule has 0 spiro atoms. The van der Waals surface area contributed by atoms with E-state index in [1.165, 1.54) is 4.90 Å². The summed E-state index contributed by atoms with van der Waals surface area (Å²) in [6, 6.07) is 6.61. The largest absolute Gasteiger partial charge is 0.326 e. The number of carbonyl (C=O) groups excluding carboxylic acids is 1. The fourth-order valence-electron chi connectivity index (χ4n) is 2.44. The predicted molar refractivity (Wildman–Crippen MR) is 81.3 cm³/mol. The van der Waals surface area contributed by atoms with E-state index in [9.17, 15) is 13.2 Å². The van der Waals surface area contributed by atoms with Crippen molar-refractivity contribution < 1.29 is 13.2 Å². The molecule has 1 aromatic rings. The van der Waals surface area contributed by atoms with Crippen LogP contribution < -0.4 is 5.73 Å². The minimum absolute atomic E-state index is 0.0126. The zero-order valence-corrected chi connectivity index (χ0v) is 12.5. The normalized spacial score (nSPS) is 19.9. The van der Waals surface area contributed by atoms with E-state index in [2.05, 4.69) is 5.92 Å². The average Bonchev–Trinajstić information content (AvgIpc) is 2.84. The number of carbonyl (C=O) groups is 1. The summed E-state index contributed by atoms with van der Waals surface area (Å²) >= 11 is 0.